The molecule has 0 aromatic carbocycles. The van der Waals surface area contributed by atoms with E-state index in [2.05, 4.69) is 16.9 Å². The van der Waals surface area contributed by atoms with E-state index in [0.717, 1.165) is 23.6 Å². The van der Waals surface area contributed by atoms with E-state index in [1.807, 2.05) is 0 Å². The van der Waals surface area contributed by atoms with Gasteiger partial charge in [-0.2, -0.15) is 0 Å². The van der Waals surface area contributed by atoms with Crippen LogP contribution in [-0.2, 0) is 0 Å². The van der Waals surface area contributed by atoms with Crippen molar-refractivity contribution in [2.75, 3.05) is 6.54 Å². The zero-order valence-corrected chi connectivity index (χ0v) is 8.44. The molecule has 1 fully saturated rings. The third kappa shape index (κ3) is 1.98. The van der Waals surface area contributed by atoms with Gasteiger partial charge >= 0.3 is 0 Å². The first kappa shape index (κ1) is 8.91. The van der Waals surface area contributed by atoms with Gasteiger partial charge in [-0.15, -0.1) is 11.3 Å². The first-order valence-corrected chi connectivity index (χ1v) is 5.53. The summed E-state index contributed by atoms with van der Waals surface area (Å²) in [6.07, 6.45) is 3.49. The zero-order valence-electron chi connectivity index (χ0n) is 7.62. The molecule has 1 aliphatic carbocycles. The maximum Gasteiger partial charge on any atom is 0.0963 e. The third-order valence-electron chi connectivity index (χ3n) is 2.26. The van der Waals surface area contributed by atoms with E-state index in [4.69, 9.17) is 5.73 Å². The molecular formula is C10H14N2S. The van der Waals surface area contributed by atoms with E-state index < -0.39 is 0 Å². The molecule has 2 nitrogen and oxygen atoms in total. The Labute approximate surface area is 82.5 Å². The third-order valence-corrected chi connectivity index (χ3v) is 3.26. The number of aromatic nitrogens is 1. The van der Waals surface area contributed by atoms with Crippen molar-refractivity contribution >= 4 is 16.9 Å². The molecule has 13 heavy (non-hydrogen) atoms. The van der Waals surface area contributed by atoms with Crippen molar-refractivity contribution < 1.29 is 0 Å². The Kier molecular flexibility index (Phi) is 2.47. The van der Waals surface area contributed by atoms with Crippen molar-refractivity contribution in [1.82, 2.24) is 4.98 Å². The Morgan fingerprint density at radius 2 is 2.46 bits per heavy atom. The molecule has 70 valence electrons. The van der Waals surface area contributed by atoms with E-state index >= 15 is 0 Å². The first-order chi connectivity index (χ1) is 6.31. The minimum Gasteiger partial charge on any atom is -0.330 e. The minimum absolute atomic E-state index is 0.662. The van der Waals surface area contributed by atoms with Crippen molar-refractivity contribution in [3.05, 3.63) is 22.7 Å². The number of nitrogens with zero attached hydrogens (tertiary/aromatic N) is 1. The number of thiazole rings is 1. The van der Waals surface area contributed by atoms with Crippen molar-refractivity contribution in [3.8, 4) is 0 Å². The van der Waals surface area contributed by atoms with E-state index in [1.54, 1.807) is 11.3 Å². The van der Waals surface area contributed by atoms with Crippen LogP contribution in [0.1, 0.15) is 35.9 Å². The average Bonchev–Trinajstić information content (AvgIpc) is 2.84. The Balaban J connectivity index is 2.07. The molecule has 1 aromatic rings. The normalized spacial score (nSPS) is 16.1. The second kappa shape index (κ2) is 3.60. The summed E-state index contributed by atoms with van der Waals surface area (Å²) >= 11 is 1.76. The highest BCUT2D eigenvalue weighted by Gasteiger charge is 2.26. The van der Waals surface area contributed by atoms with Crippen LogP contribution < -0.4 is 5.73 Å². The van der Waals surface area contributed by atoms with Crippen LogP contribution in [0.4, 0.5) is 0 Å². The molecule has 1 aromatic heterocycles. The van der Waals surface area contributed by atoms with Gasteiger partial charge in [0.05, 0.1) is 10.7 Å². The van der Waals surface area contributed by atoms with Gasteiger partial charge in [-0.3, -0.25) is 0 Å². The molecule has 0 amide bonds. The maximum absolute atomic E-state index is 5.46. The number of hydrogen-bond donors (Lipinski definition) is 1. The molecule has 1 aliphatic rings. The molecule has 2 rings (SSSR count). The topological polar surface area (TPSA) is 38.9 Å². The van der Waals surface area contributed by atoms with Crippen LogP contribution in [0.2, 0.25) is 0 Å². The summed E-state index contributed by atoms with van der Waals surface area (Å²) in [5, 5.41) is 3.39. The summed E-state index contributed by atoms with van der Waals surface area (Å²) in [6.45, 7) is 4.63. The molecule has 0 aliphatic heterocycles. The smallest absolute Gasteiger partial charge is 0.0963 e. The lowest BCUT2D eigenvalue weighted by molar-refractivity contribution is 1.01. The fourth-order valence-corrected chi connectivity index (χ4v) is 2.30. The van der Waals surface area contributed by atoms with Gasteiger partial charge in [-0.05, 0) is 31.4 Å². The predicted octanol–water partition coefficient (Wildman–Crippen LogP) is 2.38. The Morgan fingerprint density at radius 3 is 3.08 bits per heavy atom. The van der Waals surface area contributed by atoms with Gasteiger partial charge in [0.2, 0.25) is 0 Å². The SMILES string of the molecule is C=C(CCN)c1csc(C2CC2)n1. The van der Waals surface area contributed by atoms with Crippen LogP contribution in [-0.4, -0.2) is 11.5 Å². The highest BCUT2D eigenvalue weighted by atomic mass is 32.1. The number of nitrogens with two attached hydrogens (primary N) is 1. The summed E-state index contributed by atoms with van der Waals surface area (Å²) < 4.78 is 0. The van der Waals surface area contributed by atoms with Crippen molar-refractivity contribution in [1.29, 1.82) is 0 Å². The summed E-state index contributed by atoms with van der Waals surface area (Å²) in [7, 11) is 0. The van der Waals surface area contributed by atoms with Gasteiger partial charge in [0.15, 0.2) is 0 Å². The highest BCUT2D eigenvalue weighted by Crippen LogP contribution is 2.41. The lowest BCUT2D eigenvalue weighted by Crippen LogP contribution is -1.99. The summed E-state index contributed by atoms with van der Waals surface area (Å²) in [5.41, 5.74) is 7.59. The first-order valence-electron chi connectivity index (χ1n) is 4.65. The monoisotopic (exact) mass is 194 g/mol. The maximum atomic E-state index is 5.46. The van der Waals surface area contributed by atoms with Crippen LogP contribution >= 0.6 is 11.3 Å². The van der Waals surface area contributed by atoms with Gasteiger partial charge in [0, 0.05) is 11.3 Å². The average molecular weight is 194 g/mol. The van der Waals surface area contributed by atoms with Gasteiger partial charge in [0.1, 0.15) is 0 Å². The molecule has 2 N–H and O–H groups in total. The van der Waals surface area contributed by atoms with Gasteiger partial charge in [-0.1, -0.05) is 6.58 Å². The second-order valence-corrected chi connectivity index (χ2v) is 4.38. The standard InChI is InChI=1S/C10H14N2S/c1-7(4-5-11)9-6-13-10(12-9)8-2-3-8/h6,8H,1-5,11H2. The van der Waals surface area contributed by atoms with E-state index in [1.165, 1.54) is 17.8 Å². The molecule has 0 unspecified atom stereocenters. The fourth-order valence-electron chi connectivity index (χ4n) is 1.27. The van der Waals surface area contributed by atoms with Crippen molar-refractivity contribution in [3.63, 3.8) is 0 Å². The second-order valence-electron chi connectivity index (χ2n) is 3.49. The Morgan fingerprint density at radius 1 is 1.69 bits per heavy atom. The van der Waals surface area contributed by atoms with Crippen LogP contribution in [0.15, 0.2) is 12.0 Å². The Bertz CT molecular complexity index is 312. The van der Waals surface area contributed by atoms with E-state index in [0.29, 0.717) is 6.54 Å². The lowest BCUT2D eigenvalue weighted by atomic mass is 10.2. The molecule has 1 heterocycles. The molecule has 3 heteroatoms. The van der Waals surface area contributed by atoms with E-state index in [9.17, 15) is 0 Å². The van der Waals surface area contributed by atoms with Crippen LogP contribution in [0.5, 0.6) is 0 Å². The van der Waals surface area contributed by atoms with Gasteiger partial charge in [-0.25, -0.2) is 4.98 Å². The van der Waals surface area contributed by atoms with Crippen LogP contribution in [0, 0.1) is 0 Å². The Hall–Kier alpha value is -0.670. The molecule has 0 saturated heterocycles. The van der Waals surface area contributed by atoms with Crippen molar-refractivity contribution in [2.45, 2.75) is 25.2 Å². The minimum atomic E-state index is 0.662. The molecule has 0 bridgehead atoms. The van der Waals surface area contributed by atoms with Crippen LogP contribution in [0.25, 0.3) is 5.57 Å². The zero-order chi connectivity index (χ0) is 9.26. The molecule has 1 saturated carbocycles. The van der Waals surface area contributed by atoms with Gasteiger partial charge < -0.3 is 5.73 Å². The molecule has 0 spiro atoms. The largest absolute Gasteiger partial charge is 0.330 e. The van der Waals surface area contributed by atoms with Crippen molar-refractivity contribution in [2.24, 2.45) is 5.73 Å². The molecular weight excluding hydrogens is 180 g/mol. The fraction of sp³-hybridized carbons (Fsp3) is 0.500. The lowest BCUT2D eigenvalue weighted by Gasteiger charge is -1.97. The molecule has 0 atom stereocenters. The summed E-state index contributed by atoms with van der Waals surface area (Å²) in [5.74, 6) is 0.754. The van der Waals surface area contributed by atoms with Crippen LogP contribution in [0.3, 0.4) is 0 Å². The number of rotatable bonds is 4. The van der Waals surface area contributed by atoms with E-state index in [-0.39, 0.29) is 0 Å². The summed E-state index contributed by atoms with van der Waals surface area (Å²) in [6, 6.07) is 0. The highest BCUT2D eigenvalue weighted by molar-refractivity contribution is 7.09. The molecule has 0 radical (unpaired) electrons. The summed E-state index contributed by atoms with van der Waals surface area (Å²) in [4.78, 5) is 4.55. The predicted molar refractivity (Wildman–Crippen MR) is 56.8 cm³/mol. The number of hydrogen-bond acceptors (Lipinski definition) is 3. The van der Waals surface area contributed by atoms with Gasteiger partial charge in [0.25, 0.3) is 0 Å². The quantitative estimate of drug-likeness (QED) is 0.799.